The van der Waals surface area contributed by atoms with Crippen LogP contribution in [0.4, 0.5) is 0 Å². The van der Waals surface area contributed by atoms with Gasteiger partial charge in [-0.05, 0) is 0 Å². The third-order valence-corrected chi connectivity index (χ3v) is 13.9. The fourth-order valence-electron chi connectivity index (χ4n) is 1.65. The van der Waals surface area contributed by atoms with Crippen molar-refractivity contribution >= 4 is 30.2 Å². The van der Waals surface area contributed by atoms with Gasteiger partial charge in [-0.2, -0.15) is 0 Å². The Bertz CT molecular complexity index is 622. The van der Waals surface area contributed by atoms with Crippen molar-refractivity contribution in [3.05, 3.63) is 0 Å². The van der Waals surface area contributed by atoms with Crippen molar-refractivity contribution in [2.45, 2.75) is 0 Å². The van der Waals surface area contributed by atoms with Crippen LogP contribution in [-0.2, 0) is 49.9 Å². The molecule has 0 bridgehead atoms. The Hall–Kier alpha value is 0.600. The fourth-order valence-corrected chi connectivity index (χ4v) is 11.6. The van der Waals surface area contributed by atoms with Crippen molar-refractivity contribution in [3.8, 4) is 0 Å². The van der Waals surface area contributed by atoms with E-state index < -0.39 is 42.0 Å². The third kappa shape index (κ3) is 10.8. The van der Waals surface area contributed by atoms with E-state index in [4.69, 9.17) is 32.2 Å². The first-order valence-electron chi connectivity index (χ1n) is 7.54. The summed E-state index contributed by atoms with van der Waals surface area (Å²) in [5.74, 6) is -1.06. The van der Waals surface area contributed by atoms with E-state index in [1.807, 2.05) is 0 Å². The molecule has 4 unspecified atom stereocenters. The third-order valence-electron chi connectivity index (χ3n) is 3.04. The summed E-state index contributed by atoms with van der Waals surface area (Å²) < 4.78 is 83.4. The minimum Gasteiger partial charge on any atom is -0.394 e. The fraction of sp³-hybridized carbons (Fsp3) is 1.00. The van der Waals surface area contributed by atoms with Crippen LogP contribution >= 0.6 is 30.2 Å². The first kappa shape index (κ1) is 27.6. The monoisotopic (exact) mass is 476 g/mol. The lowest BCUT2D eigenvalue weighted by molar-refractivity contribution is 0.0956. The van der Waals surface area contributed by atoms with Crippen molar-refractivity contribution in [3.63, 3.8) is 0 Å². The maximum absolute atomic E-state index is 12.7. The van der Waals surface area contributed by atoms with Crippen molar-refractivity contribution in [2.24, 2.45) is 0 Å². The van der Waals surface area contributed by atoms with Gasteiger partial charge in [-0.25, -0.2) is 4.57 Å². The zero-order valence-corrected chi connectivity index (χ0v) is 19.5. The van der Waals surface area contributed by atoms with E-state index in [1.165, 1.54) is 13.8 Å². The van der Waals surface area contributed by atoms with Gasteiger partial charge >= 0.3 is 15.4 Å². The number of phosphoric acid groups is 1. The first-order chi connectivity index (χ1) is 12.4. The number of aliphatic hydroxyl groups is 1. The predicted molar refractivity (Wildman–Crippen MR) is 99.1 cm³/mol. The molecule has 4 atom stereocenters. The van der Waals surface area contributed by atoms with Crippen molar-refractivity contribution in [2.75, 3.05) is 73.3 Å². The molecule has 0 aliphatic rings. The number of hydrogen-bond acceptors (Lipinski definition) is 12. The molecule has 0 aliphatic heterocycles. The molecule has 0 aromatic heterocycles. The Morgan fingerprint density at radius 3 is 1.70 bits per heavy atom. The molecule has 27 heavy (non-hydrogen) atoms. The average molecular weight is 476 g/mol. The molecule has 0 heterocycles. The van der Waals surface area contributed by atoms with Crippen LogP contribution < -0.4 is 0 Å². The topological polar surface area (TPSA) is 153 Å². The molecule has 12 nitrogen and oxygen atoms in total. The van der Waals surface area contributed by atoms with Gasteiger partial charge in [-0.3, -0.25) is 27.3 Å². The van der Waals surface area contributed by atoms with E-state index >= 15 is 0 Å². The Balaban J connectivity index is 4.84. The van der Waals surface area contributed by atoms with Gasteiger partial charge in [0.2, 0.25) is 14.7 Å². The summed E-state index contributed by atoms with van der Waals surface area (Å²) in [4.78, 5) is 0. The van der Waals surface area contributed by atoms with Crippen LogP contribution in [0.25, 0.3) is 0 Å². The summed E-state index contributed by atoms with van der Waals surface area (Å²) in [6.45, 7) is -0.0959. The maximum Gasteiger partial charge on any atom is 0.474 e. The number of phosphoric ester groups is 1. The van der Waals surface area contributed by atoms with E-state index in [1.54, 1.807) is 0 Å². The highest BCUT2D eigenvalue weighted by Crippen LogP contribution is 2.68. The van der Waals surface area contributed by atoms with Crippen LogP contribution in [0.2, 0.25) is 0 Å². The highest BCUT2D eigenvalue weighted by molar-refractivity contribution is 7.81. The smallest absolute Gasteiger partial charge is 0.394 e. The molecule has 0 saturated carbocycles. The number of aliphatic hydroxyl groups excluding tert-OH is 1. The summed E-state index contributed by atoms with van der Waals surface area (Å²) in [5.41, 5.74) is 0. The van der Waals surface area contributed by atoms with Gasteiger partial charge in [-0.15, -0.1) is 0 Å². The summed E-state index contributed by atoms with van der Waals surface area (Å²) in [7, 11) is -10.1. The maximum atomic E-state index is 12.7. The second-order valence-corrected chi connectivity index (χ2v) is 15.4. The molecule has 1 N–H and O–H groups in total. The second kappa shape index (κ2) is 12.3. The molecule has 0 fully saturated rings. The zero-order chi connectivity index (χ0) is 21.2. The standard InChI is InChI=1S/C11H28O12P4/c1-17-24(5,13)10-25(14,18-2)11-26(15,19-3)21-8-9-23-27(16,20-4)22-7-6-12/h12H,6-11H2,1-5H3. The second-order valence-electron chi connectivity index (χ2n) is 5.12. The molecule has 0 saturated heterocycles. The molecule has 0 aliphatic carbocycles. The van der Waals surface area contributed by atoms with Crippen molar-refractivity contribution in [1.29, 1.82) is 0 Å². The minimum absolute atomic E-state index is 0.268. The molecule has 0 spiro atoms. The lowest BCUT2D eigenvalue weighted by Gasteiger charge is -2.24. The van der Waals surface area contributed by atoms with E-state index in [-0.39, 0.29) is 26.4 Å². The highest BCUT2D eigenvalue weighted by Gasteiger charge is 2.40. The van der Waals surface area contributed by atoms with E-state index in [0.29, 0.717) is 0 Å². The largest absolute Gasteiger partial charge is 0.474 e. The van der Waals surface area contributed by atoms with E-state index in [9.17, 15) is 18.3 Å². The van der Waals surface area contributed by atoms with Crippen LogP contribution in [0.3, 0.4) is 0 Å². The summed E-state index contributed by atoms with van der Waals surface area (Å²) in [6, 6.07) is 0. The SMILES string of the molecule is COP(C)(=O)CP(=O)(CP(=O)(OC)OCCOP(=O)(OC)OCCO)OC. The lowest BCUT2D eigenvalue weighted by Crippen LogP contribution is -2.09. The molecular weight excluding hydrogens is 448 g/mol. The van der Waals surface area contributed by atoms with Crippen LogP contribution in [0.1, 0.15) is 0 Å². The molecule has 0 aromatic carbocycles. The normalized spacial score (nSPS) is 21.0. The van der Waals surface area contributed by atoms with Crippen molar-refractivity contribution < 1.29 is 55.0 Å². The van der Waals surface area contributed by atoms with Gasteiger partial charge < -0.3 is 23.2 Å². The Morgan fingerprint density at radius 2 is 1.26 bits per heavy atom. The van der Waals surface area contributed by atoms with Gasteiger partial charge in [0, 0.05) is 35.1 Å². The van der Waals surface area contributed by atoms with Gasteiger partial charge in [0.25, 0.3) is 0 Å². The molecule has 0 rings (SSSR count). The average Bonchev–Trinajstić information content (AvgIpc) is 2.63. The zero-order valence-electron chi connectivity index (χ0n) is 16.0. The molecular formula is C11H28O12P4. The van der Waals surface area contributed by atoms with Gasteiger partial charge in [0.05, 0.1) is 26.4 Å². The van der Waals surface area contributed by atoms with Crippen LogP contribution in [-0.4, -0.2) is 78.4 Å². The minimum atomic E-state index is -3.90. The molecule has 0 amide bonds. The molecule has 164 valence electrons. The van der Waals surface area contributed by atoms with Gasteiger partial charge in [0.1, 0.15) is 11.8 Å². The van der Waals surface area contributed by atoms with E-state index in [2.05, 4.69) is 4.52 Å². The first-order valence-corrected chi connectivity index (χ1v) is 15.0. The number of rotatable bonds is 16. The summed E-state index contributed by atoms with van der Waals surface area (Å²) in [5, 5.41) is 8.66. The Kier molecular flexibility index (Phi) is 12.6. The van der Waals surface area contributed by atoms with Crippen LogP contribution in [0.15, 0.2) is 0 Å². The van der Waals surface area contributed by atoms with Gasteiger partial charge in [0.15, 0.2) is 0 Å². The van der Waals surface area contributed by atoms with Gasteiger partial charge in [-0.1, -0.05) is 0 Å². The number of hydrogen-bond donors (Lipinski definition) is 1. The highest BCUT2D eigenvalue weighted by atomic mass is 31.3. The molecule has 0 radical (unpaired) electrons. The lowest BCUT2D eigenvalue weighted by atomic mass is 10.8. The Labute approximate surface area is 159 Å². The summed E-state index contributed by atoms with van der Waals surface area (Å²) >= 11 is 0. The molecule has 16 heteroatoms. The quantitative estimate of drug-likeness (QED) is 0.257. The summed E-state index contributed by atoms with van der Waals surface area (Å²) in [6.07, 6.45) is 0. The van der Waals surface area contributed by atoms with Crippen LogP contribution in [0, 0.1) is 0 Å². The molecule has 0 aromatic rings. The predicted octanol–water partition coefficient (Wildman–Crippen LogP) is 3.02. The van der Waals surface area contributed by atoms with Crippen molar-refractivity contribution in [1.82, 2.24) is 0 Å². The van der Waals surface area contributed by atoms with Crippen LogP contribution in [0.5, 0.6) is 0 Å². The van der Waals surface area contributed by atoms with E-state index in [0.717, 1.165) is 21.3 Å². The Morgan fingerprint density at radius 1 is 0.704 bits per heavy atom.